The maximum absolute atomic E-state index is 3.93. The van der Waals surface area contributed by atoms with Gasteiger partial charge >= 0.3 is 0 Å². The number of piperidine rings is 1. The first-order chi connectivity index (χ1) is 9.74. The van der Waals surface area contributed by atoms with Gasteiger partial charge in [-0.25, -0.2) is 0 Å². The summed E-state index contributed by atoms with van der Waals surface area (Å²) in [5.41, 5.74) is 1.51. The summed E-state index contributed by atoms with van der Waals surface area (Å²) in [6, 6.07) is 10.1. The van der Waals surface area contributed by atoms with E-state index < -0.39 is 0 Å². The lowest BCUT2D eigenvalue weighted by Gasteiger charge is -2.37. The molecule has 3 rings (SSSR count). The van der Waals surface area contributed by atoms with E-state index in [1.807, 2.05) is 11.8 Å². The standard InChI is InChI=1S/C17H26N2S/c1-13(14-6-5-10-19(2)12-14)18-16-9-11-20-17-8-4-3-7-15(16)17/h3-4,7-8,13-14,16,18H,5-6,9-12H2,1-2H3. The van der Waals surface area contributed by atoms with E-state index in [4.69, 9.17) is 0 Å². The van der Waals surface area contributed by atoms with Crippen LogP contribution in [0.1, 0.15) is 37.8 Å². The molecule has 1 aromatic rings. The third-order valence-corrected chi connectivity index (χ3v) is 5.91. The largest absolute Gasteiger partial charge is 0.307 e. The third kappa shape index (κ3) is 3.21. The van der Waals surface area contributed by atoms with E-state index in [0.717, 1.165) is 5.92 Å². The van der Waals surface area contributed by atoms with Crippen molar-refractivity contribution in [2.75, 3.05) is 25.9 Å². The summed E-state index contributed by atoms with van der Waals surface area (Å²) in [4.78, 5) is 3.96. The van der Waals surface area contributed by atoms with Crippen LogP contribution in [0.4, 0.5) is 0 Å². The van der Waals surface area contributed by atoms with Gasteiger partial charge in [-0.3, -0.25) is 0 Å². The topological polar surface area (TPSA) is 15.3 Å². The first kappa shape index (κ1) is 14.4. The highest BCUT2D eigenvalue weighted by Crippen LogP contribution is 2.36. The van der Waals surface area contributed by atoms with Gasteiger partial charge < -0.3 is 10.2 Å². The van der Waals surface area contributed by atoms with Gasteiger partial charge in [-0.2, -0.15) is 0 Å². The fourth-order valence-corrected chi connectivity index (χ4v) is 4.71. The van der Waals surface area contributed by atoms with Gasteiger partial charge in [-0.05, 0) is 63.1 Å². The minimum Gasteiger partial charge on any atom is -0.307 e. The molecule has 0 aromatic heterocycles. The molecule has 3 atom stereocenters. The number of nitrogens with zero attached hydrogens (tertiary/aromatic N) is 1. The number of nitrogens with one attached hydrogen (secondary N) is 1. The van der Waals surface area contributed by atoms with Crippen LogP contribution < -0.4 is 5.32 Å². The molecule has 2 heterocycles. The molecule has 1 N–H and O–H groups in total. The van der Waals surface area contributed by atoms with Crippen LogP contribution in [0.3, 0.4) is 0 Å². The molecule has 0 saturated carbocycles. The molecular formula is C17H26N2S. The Labute approximate surface area is 127 Å². The zero-order valence-corrected chi connectivity index (χ0v) is 13.5. The average molecular weight is 290 g/mol. The molecule has 3 unspecified atom stereocenters. The Hall–Kier alpha value is -0.510. The molecule has 2 aliphatic heterocycles. The van der Waals surface area contributed by atoms with Crippen LogP contribution in [0.2, 0.25) is 0 Å². The molecule has 3 heteroatoms. The molecule has 1 aromatic carbocycles. The van der Waals surface area contributed by atoms with Crippen LogP contribution in [0.15, 0.2) is 29.2 Å². The summed E-state index contributed by atoms with van der Waals surface area (Å²) in [6.45, 7) is 4.90. The molecule has 1 saturated heterocycles. The van der Waals surface area contributed by atoms with Crippen LogP contribution >= 0.6 is 11.8 Å². The Kier molecular flexibility index (Phi) is 4.69. The normalized spacial score (nSPS) is 28.9. The van der Waals surface area contributed by atoms with Crippen molar-refractivity contribution in [1.82, 2.24) is 10.2 Å². The second-order valence-electron chi connectivity index (χ2n) is 6.35. The summed E-state index contributed by atoms with van der Waals surface area (Å²) >= 11 is 2.01. The van der Waals surface area contributed by atoms with Crippen LogP contribution in [-0.4, -0.2) is 36.8 Å². The van der Waals surface area contributed by atoms with E-state index in [2.05, 4.69) is 48.5 Å². The average Bonchev–Trinajstić information content (AvgIpc) is 2.47. The summed E-state index contributed by atoms with van der Waals surface area (Å²) < 4.78 is 0. The molecular weight excluding hydrogens is 264 g/mol. The van der Waals surface area contributed by atoms with Crippen LogP contribution in [-0.2, 0) is 0 Å². The fraction of sp³-hybridized carbons (Fsp3) is 0.647. The van der Waals surface area contributed by atoms with Crippen LogP contribution in [0, 0.1) is 5.92 Å². The molecule has 2 aliphatic rings. The Morgan fingerprint density at radius 2 is 2.15 bits per heavy atom. The molecule has 20 heavy (non-hydrogen) atoms. The number of thioether (sulfide) groups is 1. The first-order valence-corrected chi connectivity index (χ1v) is 8.89. The van der Waals surface area contributed by atoms with Crippen LogP contribution in [0.5, 0.6) is 0 Å². The van der Waals surface area contributed by atoms with Gasteiger partial charge in [0.15, 0.2) is 0 Å². The number of benzene rings is 1. The van der Waals surface area contributed by atoms with Gasteiger partial charge in [0.2, 0.25) is 0 Å². The molecule has 0 spiro atoms. The molecule has 110 valence electrons. The Morgan fingerprint density at radius 3 is 3.00 bits per heavy atom. The summed E-state index contributed by atoms with van der Waals surface area (Å²) in [7, 11) is 2.26. The fourth-order valence-electron chi connectivity index (χ4n) is 3.58. The molecule has 1 fully saturated rings. The zero-order chi connectivity index (χ0) is 13.9. The summed E-state index contributed by atoms with van der Waals surface area (Å²) in [5.74, 6) is 2.04. The Morgan fingerprint density at radius 1 is 1.30 bits per heavy atom. The van der Waals surface area contributed by atoms with Crippen molar-refractivity contribution in [2.24, 2.45) is 5.92 Å². The van der Waals surface area contributed by atoms with Gasteiger partial charge in [-0.1, -0.05) is 18.2 Å². The molecule has 0 bridgehead atoms. The van der Waals surface area contributed by atoms with E-state index in [1.54, 1.807) is 0 Å². The highest BCUT2D eigenvalue weighted by atomic mass is 32.2. The summed E-state index contributed by atoms with van der Waals surface area (Å²) in [5, 5.41) is 3.93. The van der Waals surface area contributed by atoms with Gasteiger partial charge in [0.1, 0.15) is 0 Å². The van der Waals surface area contributed by atoms with Gasteiger partial charge in [-0.15, -0.1) is 11.8 Å². The van der Waals surface area contributed by atoms with Crippen molar-refractivity contribution in [3.8, 4) is 0 Å². The Bertz CT molecular complexity index is 448. The maximum Gasteiger partial charge on any atom is 0.0341 e. The predicted octanol–water partition coefficient (Wildman–Crippen LogP) is 3.54. The van der Waals surface area contributed by atoms with E-state index in [1.165, 1.54) is 48.6 Å². The second-order valence-corrected chi connectivity index (χ2v) is 7.48. The Balaban J connectivity index is 1.66. The van der Waals surface area contributed by atoms with Gasteiger partial charge in [0.05, 0.1) is 0 Å². The smallest absolute Gasteiger partial charge is 0.0341 e. The van der Waals surface area contributed by atoms with Crippen molar-refractivity contribution in [2.45, 2.75) is 43.2 Å². The van der Waals surface area contributed by atoms with Crippen molar-refractivity contribution in [3.05, 3.63) is 29.8 Å². The zero-order valence-electron chi connectivity index (χ0n) is 12.6. The number of hydrogen-bond acceptors (Lipinski definition) is 3. The van der Waals surface area contributed by atoms with E-state index in [0.29, 0.717) is 12.1 Å². The van der Waals surface area contributed by atoms with Crippen LogP contribution in [0.25, 0.3) is 0 Å². The van der Waals surface area contributed by atoms with Gasteiger partial charge in [0, 0.05) is 23.5 Å². The van der Waals surface area contributed by atoms with Crippen molar-refractivity contribution in [1.29, 1.82) is 0 Å². The molecule has 0 radical (unpaired) electrons. The van der Waals surface area contributed by atoms with E-state index in [9.17, 15) is 0 Å². The lowest BCUT2D eigenvalue weighted by atomic mass is 9.90. The monoisotopic (exact) mass is 290 g/mol. The quantitative estimate of drug-likeness (QED) is 0.916. The summed E-state index contributed by atoms with van der Waals surface area (Å²) in [6.07, 6.45) is 3.99. The minimum atomic E-state index is 0.551. The van der Waals surface area contributed by atoms with E-state index >= 15 is 0 Å². The van der Waals surface area contributed by atoms with E-state index in [-0.39, 0.29) is 0 Å². The number of likely N-dealkylation sites (tertiary alicyclic amines) is 1. The number of fused-ring (bicyclic) bond motifs is 1. The van der Waals surface area contributed by atoms with Crippen molar-refractivity contribution in [3.63, 3.8) is 0 Å². The minimum absolute atomic E-state index is 0.551. The number of rotatable bonds is 3. The highest BCUT2D eigenvalue weighted by molar-refractivity contribution is 7.99. The van der Waals surface area contributed by atoms with Crippen molar-refractivity contribution < 1.29 is 0 Å². The lowest BCUT2D eigenvalue weighted by Crippen LogP contribution is -2.44. The molecule has 2 nitrogen and oxygen atoms in total. The first-order valence-electron chi connectivity index (χ1n) is 7.90. The number of hydrogen-bond donors (Lipinski definition) is 1. The lowest BCUT2D eigenvalue weighted by molar-refractivity contribution is 0.172. The molecule has 0 amide bonds. The van der Waals surface area contributed by atoms with Gasteiger partial charge in [0.25, 0.3) is 0 Å². The van der Waals surface area contributed by atoms with Crippen molar-refractivity contribution >= 4 is 11.8 Å². The third-order valence-electron chi connectivity index (χ3n) is 4.79. The highest BCUT2D eigenvalue weighted by Gasteiger charge is 2.27. The SMILES string of the molecule is CC(NC1CCSc2ccccc21)C1CCCN(C)C1. The molecule has 0 aliphatic carbocycles. The second kappa shape index (κ2) is 6.50. The predicted molar refractivity (Wildman–Crippen MR) is 87.3 cm³/mol. The maximum atomic E-state index is 3.93.